The number of fused-ring (bicyclic) bond motifs is 1. The van der Waals surface area contributed by atoms with Gasteiger partial charge in [0.15, 0.2) is 11.5 Å². The van der Waals surface area contributed by atoms with Gasteiger partial charge in [0.05, 0.1) is 18.0 Å². The average Bonchev–Trinajstić information content (AvgIpc) is 2.69. The molecule has 1 aliphatic heterocycles. The molecule has 7 nitrogen and oxygen atoms in total. The molecule has 1 aliphatic rings. The molecule has 0 unspecified atom stereocenters. The quantitative estimate of drug-likeness (QED) is 0.704. The van der Waals surface area contributed by atoms with Crippen molar-refractivity contribution >= 4 is 21.6 Å². The first-order valence-electron chi connectivity index (χ1n) is 10.4. The number of aryl methyl sites for hydroxylation is 2. The molecule has 168 valence electrons. The van der Waals surface area contributed by atoms with Gasteiger partial charge < -0.3 is 14.8 Å². The molecule has 0 spiro atoms. The van der Waals surface area contributed by atoms with Gasteiger partial charge in [0.25, 0.3) is 0 Å². The minimum absolute atomic E-state index is 0.333. The Balaban J connectivity index is 1.86. The molecule has 1 heterocycles. The predicted molar refractivity (Wildman–Crippen MR) is 121 cm³/mol. The molecule has 0 radical (unpaired) electrons. The minimum atomic E-state index is -3.68. The van der Waals surface area contributed by atoms with Crippen molar-refractivity contribution in [2.75, 3.05) is 23.8 Å². The average molecular weight is 447 g/mol. The summed E-state index contributed by atoms with van der Waals surface area (Å²) in [4.78, 5) is 13.2. The second-order valence-corrected chi connectivity index (χ2v) is 9.82. The molecule has 0 saturated heterocycles. The summed E-state index contributed by atoms with van der Waals surface area (Å²) in [5, 5.41) is 2.96. The molecule has 0 bridgehead atoms. The monoisotopic (exact) mass is 446 g/mol. The van der Waals surface area contributed by atoms with Gasteiger partial charge in [0.1, 0.15) is 19.3 Å². The summed E-state index contributed by atoms with van der Waals surface area (Å²) in [7, 11) is -3.68. The van der Waals surface area contributed by atoms with Gasteiger partial charge in [-0.3, -0.25) is 9.10 Å². The molecule has 8 heteroatoms. The van der Waals surface area contributed by atoms with Crippen LogP contribution < -0.4 is 19.1 Å². The molecule has 0 fully saturated rings. The molecule has 3 rings (SSSR count). The molecule has 2 aromatic rings. The SMILES string of the molecule is CC[C@@H](C(=O)N[C@H](C)c1ccc2c(c1)OCCO2)N(c1cc(C)cc(C)c1)S(C)(=O)=O. The van der Waals surface area contributed by atoms with Crippen molar-refractivity contribution in [3.05, 3.63) is 53.1 Å². The standard InChI is InChI=1S/C23H30N2O5S/c1-6-20(25(31(5,27)28)19-12-15(2)11-16(3)13-19)23(26)24-17(4)18-7-8-21-22(14-18)30-10-9-29-21/h7-8,11-14,17,20H,6,9-10H2,1-5H3,(H,24,26)/t17-,20+/m1/s1. The first-order valence-corrected chi connectivity index (χ1v) is 12.2. The van der Waals surface area contributed by atoms with Crippen molar-refractivity contribution in [2.24, 2.45) is 0 Å². The highest BCUT2D eigenvalue weighted by atomic mass is 32.2. The Morgan fingerprint density at radius 1 is 1.06 bits per heavy atom. The number of nitrogens with one attached hydrogen (secondary N) is 1. The molecular formula is C23H30N2O5S. The van der Waals surface area contributed by atoms with Crippen LogP contribution in [0.25, 0.3) is 0 Å². The summed E-state index contributed by atoms with van der Waals surface area (Å²) in [6, 6.07) is 9.88. The second-order valence-electron chi connectivity index (χ2n) is 7.96. The van der Waals surface area contributed by atoms with E-state index in [1.54, 1.807) is 19.1 Å². The number of ether oxygens (including phenoxy) is 2. The van der Waals surface area contributed by atoms with Crippen LogP contribution in [-0.2, 0) is 14.8 Å². The van der Waals surface area contributed by atoms with Crippen molar-refractivity contribution in [1.29, 1.82) is 0 Å². The van der Waals surface area contributed by atoms with E-state index in [0.717, 1.165) is 22.9 Å². The molecular weight excluding hydrogens is 416 g/mol. The number of carbonyl (C=O) groups excluding carboxylic acids is 1. The van der Waals surface area contributed by atoms with Crippen LogP contribution in [0.5, 0.6) is 11.5 Å². The topological polar surface area (TPSA) is 84.9 Å². The Kier molecular flexibility index (Phi) is 6.79. The summed E-state index contributed by atoms with van der Waals surface area (Å²) in [6.07, 6.45) is 1.46. The van der Waals surface area contributed by atoms with Crippen molar-refractivity contribution in [2.45, 2.75) is 46.2 Å². The highest BCUT2D eigenvalue weighted by Gasteiger charge is 2.32. The van der Waals surface area contributed by atoms with Crippen LogP contribution in [-0.4, -0.2) is 39.8 Å². The smallest absolute Gasteiger partial charge is 0.244 e. The van der Waals surface area contributed by atoms with Gasteiger partial charge in [-0.05, 0) is 68.1 Å². The fourth-order valence-corrected chi connectivity index (χ4v) is 5.06. The fourth-order valence-electron chi connectivity index (χ4n) is 3.86. The molecule has 0 aliphatic carbocycles. The molecule has 1 amide bonds. The molecule has 31 heavy (non-hydrogen) atoms. The molecule has 0 saturated carbocycles. The Morgan fingerprint density at radius 3 is 2.26 bits per heavy atom. The molecule has 1 N–H and O–H groups in total. The van der Waals surface area contributed by atoms with E-state index in [0.29, 0.717) is 36.8 Å². The van der Waals surface area contributed by atoms with Gasteiger partial charge >= 0.3 is 0 Å². The normalized spacial score (nSPS) is 15.1. The fraction of sp³-hybridized carbons (Fsp3) is 0.435. The number of anilines is 1. The van der Waals surface area contributed by atoms with Gasteiger partial charge in [-0.2, -0.15) is 0 Å². The van der Waals surface area contributed by atoms with E-state index >= 15 is 0 Å². The number of carbonyl (C=O) groups is 1. The zero-order chi connectivity index (χ0) is 22.8. The number of rotatable bonds is 7. The van der Waals surface area contributed by atoms with E-state index in [4.69, 9.17) is 9.47 Å². The van der Waals surface area contributed by atoms with Crippen LogP contribution in [0.3, 0.4) is 0 Å². The van der Waals surface area contributed by atoms with Gasteiger partial charge in [-0.15, -0.1) is 0 Å². The summed E-state index contributed by atoms with van der Waals surface area (Å²) < 4.78 is 37.8. The Hall–Kier alpha value is -2.74. The number of benzene rings is 2. The van der Waals surface area contributed by atoms with E-state index in [9.17, 15) is 13.2 Å². The summed E-state index contributed by atoms with van der Waals surface area (Å²) in [5.41, 5.74) is 3.21. The number of nitrogens with zero attached hydrogens (tertiary/aromatic N) is 1. The van der Waals surface area contributed by atoms with Crippen molar-refractivity contribution < 1.29 is 22.7 Å². The molecule has 0 aromatic heterocycles. The van der Waals surface area contributed by atoms with E-state index in [1.807, 2.05) is 45.0 Å². The lowest BCUT2D eigenvalue weighted by molar-refractivity contribution is -0.122. The Morgan fingerprint density at radius 2 is 1.68 bits per heavy atom. The first kappa shape index (κ1) is 22.9. The van der Waals surface area contributed by atoms with Crippen LogP contribution in [0.4, 0.5) is 5.69 Å². The van der Waals surface area contributed by atoms with Crippen LogP contribution in [0.1, 0.15) is 43.0 Å². The number of sulfonamides is 1. The van der Waals surface area contributed by atoms with E-state index in [1.165, 1.54) is 4.31 Å². The zero-order valence-corrected chi connectivity index (χ0v) is 19.5. The third-order valence-corrected chi connectivity index (χ3v) is 6.40. The zero-order valence-electron chi connectivity index (χ0n) is 18.6. The largest absolute Gasteiger partial charge is 0.486 e. The number of hydrogen-bond acceptors (Lipinski definition) is 5. The van der Waals surface area contributed by atoms with E-state index in [2.05, 4.69) is 5.32 Å². The second kappa shape index (κ2) is 9.18. The molecule has 2 aromatic carbocycles. The summed E-state index contributed by atoms with van der Waals surface area (Å²) in [6.45, 7) is 8.46. The Bertz CT molecular complexity index is 1050. The van der Waals surface area contributed by atoms with E-state index < -0.39 is 16.1 Å². The maximum absolute atomic E-state index is 13.2. The van der Waals surface area contributed by atoms with Crippen molar-refractivity contribution in [3.8, 4) is 11.5 Å². The Labute approximate surface area is 184 Å². The summed E-state index contributed by atoms with van der Waals surface area (Å²) in [5.74, 6) is 0.970. The van der Waals surface area contributed by atoms with Crippen LogP contribution in [0.15, 0.2) is 36.4 Å². The third-order valence-electron chi connectivity index (χ3n) is 5.22. The lowest BCUT2D eigenvalue weighted by Crippen LogP contribution is -2.49. The van der Waals surface area contributed by atoms with Crippen LogP contribution in [0, 0.1) is 13.8 Å². The number of amides is 1. The van der Waals surface area contributed by atoms with Crippen molar-refractivity contribution in [1.82, 2.24) is 5.32 Å². The van der Waals surface area contributed by atoms with Gasteiger partial charge in [0, 0.05) is 0 Å². The van der Waals surface area contributed by atoms with Gasteiger partial charge in [0.2, 0.25) is 15.9 Å². The van der Waals surface area contributed by atoms with Gasteiger partial charge in [-0.1, -0.05) is 19.1 Å². The van der Waals surface area contributed by atoms with Gasteiger partial charge in [-0.25, -0.2) is 8.42 Å². The maximum atomic E-state index is 13.2. The lowest BCUT2D eigenvalue weighted by atomic mass is 10.1. The van der Waals surface area contributed by atoms with E-state index in [-0.39, 0.29) is 11.9 Å². The highest BCUT2D eigenvalue weighted by molar-refractivity contribution is 7.92. The number of hydrogen-bond donors (Lipinski definition) is 1. The third kappa shape index (κ3) is 5.31. The lowest BCUT2D eigenvalue weighted by Gasteiger charge is -2.31. The van der Waals surface area contributed by atoms with Crippen LogP contribution >= 0.6 is 0 Å². The van der Waals surface area contributed by atoms with Crippen LogP contribution in [0.2, 0.25) is 0 Å². The highest BCUT2D eigenvalue weighted by Crippen LogP contribution is 2.33. The molecule has 2 atom stereocenters. The minimum Gasteiger partial charge on any atom is -0.486 e. The maximum Gasteiger partial charge on any atom is 0.244 e. The van der Waals surface area contributed by atoms with Crippen molar-refractivity contribution in [3.63, 3.8) is 0 Å². The first-order chi connectivity index (χ1) is 14.6. The predicted octanol–water partition coefficient (Wildman–Crippen LogP) is 3.50. The summed E-state index contributed by atoms with van der Waals surface area (Å²) >= 11 is 0.